The van der Waals surface area contributed by atoms with Crippen molar-refractivity contribution in [2.75, 3.05) is 25.2 Å². The van der Waals surface area contributed by atoms with Crippen molar-refractivity contribution in [2.24, 2.45) is 5.92 Å². The molecule has 0 saturated carbocycles. The van der Waals surface area contributed by atoms with Gasteiger partial charge in [0.25, 0.3) is 5.91 Å². The molecule has 0 aliphatic heterocycles. The highest BCUT2D eigenvalue weighted by molar-refractivity contribution is 7.89. The van der Waals surface area contributed by atoms with Gasteiger partial charge >= 0.3 is 0 Å². The van der Waals surface area contributed by atoms with Gasteiger partial charge in [0, 0.05) is 34.9 Å². The van der Waals surface area contributed by atoms with Crippen molar-refractivity contribution < 1.29 is 32.7 Å². The summed E-state index contributed by atoms with van der Waals surface area (Å²) in [5.74, 6) is -0.179. The largest absolute Gasteiger partial charge is 0.508 e. The minimum absolute atomic E-state index is 0.0370. The van der Waals surface area contributed by atoms with Gasteiger partial charge in [0.2, 0.25) is 10.0 Å². The predicted molar refractivity (Wildman–Crippen MR) is 210 cm³/mol. The first-order chi connectivity index (χ1) is 25.3. The van der Waals surface area contributed by atoms with Crippen LogP contribution in [-0.2, 0) is 21.0 Å². The summed E-state index contributed by atoms with van der Waals surface area (Å²) in [7, 11) is -7.17. The summed E-state index contributed by atoms with van der Waals surface area (Å²) in [5.41, 5.74) is 7.72. The van der Waals surface area contributed by atoms with Gasteiger partial charge in [-0.2, -0.15) is 4.31 Å². The highest BCUT2D eigenvalue weighted by Crippen LogP contribution is 2.43. The molecular weight excluding hydrogens is 710 g/mol. The van der Waals surface area contributed by atoms with E-state index in [9.17, 15) is 28.0 Å². The quantitative estimate of drug-likeness (QED) is 0.0740. The van der Waals surface area contributed by atoms with Crippen LogP contribution in [0.25, 0.3) is 0 Å². The lowest BCUT2D eigenvalue weighted by Crippen LogP contribution is -2.51. The summed E-state index contributed by atoms with van der Waals surface area (Å²) in [6.07, 6.45) is -1.26. The number of ether oxygens (including phenoxy) is 1. The number of phenols is 1. The van der Waals surface area contributed by atoms with Crippen LogP contribution in [0.3, 0.4) is 0 Å². The number of carbonyl (C=O) groups is 1. The summed E-state index contributed by atoms with van der Waals surface area (Å²) in [5, 5.41) is 26.2. The fourth-order valence-corrected chi connectivity index (χ4v) is 9.72. The average molecular weight is 756 g/mol. The minimum atomic E-state index is -4.04. The number of rotatable bonds is 16. The van der Waals surface area contributed by atoms with E-state index >= 15 is 0 Å². The number of anilines is 1. The number of hydrogen-bond donors (Lipinski definition) is 4. The first kappa shape index (κ1) is 39.3. The topological polar surface area (TPSA) is 159 Å². The van der Waals surface area contributed by atoms with Crippen LogP contribution in [0.2, 0.25) is 0 Å². The van der Waals surface area contributed by atoms with Gasteiger partial charge in [0.1, 0.15) is 17.8 Å². The molecule has 0 heterocycles. The van der Waals surface area contributed by atoms with Crippen LogP contribution >= 0.6 is 7.14 Å². The van der Waals surface area contributed by atoms with Crippen molar-refractivity contribution >= 4 is 39.4 Å². The average Bonchev–Trinajstić information content (AvgIpc) is 3.15. The summed E-state index contributed by atoms with van der Waals surface area (Å²) in [6.45, 7) is 5.29. The van der Waals surface area contributed by atoms with Crippen molar-refractivity contribution in [1.29, 1.82) is 0 Å². The standard InChI is InChI=1S/C41H46N3O7PS/c1-29(2)26-44(53(49,50)37-22-18-33(42)19-23-37)27-40(46)38(43-41(47)32-17-14-30(3)39(45)25-32)24-31-15-20-34(21-16-31)51-28-52(48,35-10-6-4-7-11-35)36-12-8-5-9-13-36/h4-23,25,29,38,40,45-46H,24,26-28,42H2,1-3H3,(H,43,47)/t38-,40+/m0/s1. The number of aliphatic hydroxyl groups excluding tert-OH is 1. The number of nitrogens with two attached hydrogens (primary N) is 1. The zero-order valence-electron chi connectivity index (χ0n) is 30.0. The van der Waals surface area contributed by atoms with Crippen molar-refractivity contribution in [3.63, 3.8) is 0 Å². The van der Waals surface area contributed by atoms with E-state index in [1.807, 2.05) is 74.5 Å². The highest BCUT2D eigenvalue weighted by Gasteiger charge is 2.32. The van der Waals surface area contributed by atoms with Crippen LogP contribution in [0.15, 0.2) is 132 Å². The van der Waals surface area contributed by atoms with Crippen LogP contribution in [-0.4, -0.2) is 60.4 Å². The first-order valence-corrected chi connectivity index (χ1v) is 20.7. The van der Waals surface area contributed by atoms with Crippen LogP contribution in [0.4, 0.5) is 5.69 Å². The van der Waals surface area contributed by atoms with Crippen molar-refractivity contribution in [2.45, 2.75) is 44.2 Å². The molecule has 0 bridgehead atoms. The number of nitrogens with one attached hydrogen (secondary N) is 1. The lowest BCUT2D eigenvalue weighted by atomic mass is 10.00. The maximum Gasteiger partial charge on any atom is 0.251 e. The summed E-state index contributed by atoms with van der Waals surface area (Å²) in [4.78, 5) is 13.5. The molecule has 0 aliphatic rings. The molecule has 0 unspecified atom stereocenters. The zero-order chi connectivity index (χ0) is 38.2. The second-order valence-electron chi connectivity index (χ2n) is 13.5. The smallest absolute Gasteiger partial charge is 0.251 e. The van der Waals surface area contributed by atoms with Gasteiger partial charge in [-0.25, -0.2) is 8.42 Å². The van der Waals surface area contributed by atoms with Gasteiger partial charge in [-0.05, 0) is 78.9 Å². The SMILES string of the molecule is Cc1ccc(C(=O)N[C@@H](Cc2ccc(OCP(=O)(c3ccccc3)c3ccccc3)cc2)[C@H](O)CN(CC(C)C)S(=O)(=O)c2ccc(N)cc2)cc1O. The second kappa shape index (κ2) is 17.3. The summed E-state index contributed by atoms with van der Waals surface area (Å²) >= 11 is 0. The number of nitrogen functional groups attached to an aromatic ring is 1. The molecule has 0 spiro atoms. The molecule has 278 valence electrons. The Bertz CT molecular complexity index is 2090. The number of benzene rings is 5. The third-order valence-corrected chi connectivity index (χ3v) is 13.5. The molecule has 12 heteroatoms. The fourth-order valence-electron chi connectivity index (χ4n) is 5.87. The molecule has 5 aromatic carbocycles. The third kappa shape index (κ3) is 9.94. The molecular formula is C41H46N3O7PS. The monoisotopic (exact) mass is 755 g/mol. The Labute approximate surface area is 311 Å². The zero-order valence-corrected chi connectivity index (χ0v) is 31.7. The summed E-state index contributed by atoms with van der Waals surface area (Å²) in [6, 6.07) is 35.0. The van der Waals surface area contributed by atoms with Crippen molar-refractivity contribution in [1.82, 2.24) is 9.62 Å². The van der Waals surface area contributed by atoms with E-state index in [1.54, 1.807) is 43.3 Å². The van der Waals surface area contributed by atoms with Gasteiger partial charge in [0.05, 0.1) is 17.0 Å². The lowest BCUT2D eigenvalue weighted by Gasteiger charge is -2.31. The Morgan fingerprint density at radius 3 is 1.98 bits per heavy atom. The molecule has 53 heavy (non-hydrogen) atoms. The molecule has 5 rings (SSSR count). The Morgan fingerprint density at radius 1 is 0.849 bits per heavy atom. The van der Waals surface area contributed by atoms with Crippen molar-refractivity contribution in [3.05, 3.63) is 144 Å². The minimum Gasteiger partial charge on any atom is -0.508 e. The van der Waals surface area contributed by atoms with Gasteiger partial charge < -0.3 is 30.6 Å². The van der Waals surface area contributed by atoms with Gasteiger partial charge in [-0.3, -0.25) is 4.79 Å². The molecule has 0 aromatic heterocycles. The Hall–Kier alpha value is -4.93. The number of sulfonamides is 1. The van der Waals surface area contributed by atoms with E-state index in [4.69, 9.17) is 10.5 Å². The van der Waals surface area contributed by atoms with Gasteiger partial charge in [-0.15, -0.1) is 0 Å². The second-order valence-corrected chi connectivity index (χ2v) is 18.2. The molecule has 0 fully saturated rings. The number of aromatic hydroxyl groups is 1. The number of amides is 1. The third-order valence-electron chi connectivity index (χ3n) is 8.87. The van der Waals surface area contributed by atoms with E-state index in [-0.39, 0.29) is 48.0 Å². The maximum absolute atomic E-state index is 14.4. The maximum atomic E-state index is 14.4. The number of aryl methyl sites for hydroxylation is 1. The van der Waals surface area contributed by atoms with Crippen LogP contribution in [0, 0.1) is 12.8 Å². The Balaban J connectivity index is 1.38. The van der Waals surface area contributed by atoms with E-state index in [2.05, 4.69) is 5.32 Å². The fraction of sp³-hybridized carbons (Fsp3) is 0.244. The number of hydrogen-bond acceptors (Lipinski definition) is 8. The molecule has 0 aliphatic carbocycles. The van der Waals surface area contributed by atoms with E-state index < -0.39 is 35.2 Å². The molecule has 5 aromatic rings. The van der Waals surface area contributed by atoms with Crippen molar-refractivity contribution in [3.8, 4) is 11.5 Å². The van der Waals surface area contributed by atoms with Crippen LogP contribution in [0.5, 0.6) is 11.5 Å². The molecule has 1 amide bonds. The van der Waals surface area contributed by atoms with E-state index in [1.165, 1.54) is 34.6 Å². The Morgan fingerprint density at radius 2 is 1.43 bits per heavy atom. The van der Waals surface area contributed by atoms with Crippen LogP contribution in [0.1, 0.15) is 35.3 Å². The molecule has 0 saturated heterocycles. The Kier molecular flexibility index (Phi) is 12.8. The lowest BCUT2D eigenvalue weighted by molar-refractivity contribution is 0.0775. The van der Waals surface area contributed by atoms with E-state index in [0.717, 1.165) is 5.56 Å². The molecule has 2 atom stereocenters. The summed E-state index contributed by atoms with van der Waals surface area (Å²) < 4.78 is 49.3. The normalized spacial score (nSPS) is 13.1. The van der Waals surface area contributed by atoms with E-state index in [0.29, 0.717) is 27.6 Å². The van der Waals surface area contributed by atoms with Gasteiger partial charge in [-0.1, -0.05) is 92.7 Å². The number of phenolic OH excluding ortho intramolecular Hbond substituents is 1. The first-order valence-electron chi connectivity index (χ1n) is 17.3. The van der Waals surface area contributed by atoms with Gasteiger partial charge in [0.15, 0.2) is 7.14 Å². The van der Waals surface area contributed by atoms with Crippen LogP contribution < -0.4 is 26.4 Å². The molecule has 10 nitrogen and oxygen atoms in total. The number of aliphatic hydroxyl groups is 1. The molecule has 5 N–H and O–H groups in total. The predicted octanol–water partition coefficient (Wildman–Crippen LogP) is 5.68. The number of nitrogens with zero attached hydrogens (tertiary/aromatic N) is 1. The highest BCUT2D eigenvalue weighted by atomic mass is 32.2. The molecule has 0 radical (unpaired) electrons. The number of carbonyl (C=O) groups excluding carboxylic acids is 1.